The maximum absolute atomic E-state index is 10.7. The van der Waals surface area contributed by atoms with Crippen LogP contribution in [0.5, 0.6) is 0 Å². The Balaban J connectivity index is 1.96. The van der Waals surface area contributed by atoms with Gasteiger partial charge in [-0.15, -0.1) is 0 Å². The van der Waals surface area contributed by atoms with E-state index < -0.39 is 5.97 Å². The Kier molecular flexibility index (Phi) is 4.34. The summed E-state index contributed by atoms with van der Waals surface area (Å²) in [4.78, 5) is 10.7. The Morgan fingerprint density at radius 1 is 1.53 bits per heavy atom. The molecule has 0 bridgehead atoms. The molecule has 1 atom stereocenters. The van der Waals surface area contributed by atoms with Crippen LogP contribution >= 0.6 is 15.9 Å². The summed E-state index contributed by atoms with van der Waals surface area (Å²) in [6, 6.07) is 9.52. The van der Waals surface area contributed by atoms with Crippen molar-refractivity contribution in [2.45, 2.75) is 19.5 Å². The largest absolute Gasteiger partial charge is 0.476 e. The molecule has 0 saturated heterocycles. The van der Waals surface area contributed by atoms with E-state index in [1.165, 1.54) is 6.07 Å². The number of hydrogen-bond acceptors (Lipinski definition) is 4. The highest BCUT2D eigenvalue weighted by Crippen LogP contribution is 2.18. The molecular weight excluding hydrogens is 312 g/mol. The lowest BCUT2D eigenvalue weighted by atomic mass is 10.1. The van der Waals surface area contributed by atoms with Gasteiger partial charge in [0.15, 0.2) is 11.5 Å². The zero-order valence-electron chi connectivity index (χ0n) is 10.3. The molecule has 0 aliphatic heterocycles. The standard InChI is InChI=1S/C13H13BrN2O3/c1-8(9-3-2-4-10(14)5-9)15-7-11-6-12(13(17)18)16-19-11/h2-6,8,15H,7H2,1H3,(H,17,18). The van der Waals surface area contributed by atoms with E-state index in [1.807, 2.05) is 31.2 Å². The van der Waals surface area contributed by atoms with E-state index in [2.05, 4.69) is 26.4 Å². The van der Waals surface area contributed by atoms with Gasteiger partial charge in [-0.25, -0.2) is 4.79 Å². The molecule has 1 unspecified atom stereocenters. The third kappa shape index (κ3) is 3.65. The molecule has 2 N–H and O–H groups in total. The molecule has 2 aromatic rings. The topological polar surface area (TPSA) is 75.4 Å². The molecule has 0 aliphatic carbocycles. The fraction of sp³-hybridized carbons (Fsp3) is 0.231. The molecule has 5 nitrogen and oxygen atoms in total. The molecule has 100 valence electrons. The Bertz CT molecular complexity index is 583. The highest BCUT2D eigenvalue weighted by atomic mass is 79.9. The number of nitrogens with zero attached hydrogens (tertiary/aromatic N) is 1. The van der Waals surface area contributed by atoms with Gasteiger partial charge in [-0.3, -0.25) is 0 Å². The van der Waals surface area contributed by atoms with Crippen molar-refractivity contribution in [3.63, 3.8) is 0 Å². The van der Waals surface area contributed by atoms with Crippen molar-refractivity contribution >= 4 is 21.9 Å². The average Bonchev–Trinajstić information content (AvgIpc) is 2.85. The molecule has 19 heavy (non-hydrogen) atoms. The molecule has 1 aromatic heterocycles. The minimum Gasteiger partial charge on any atom is -0.476 e. The smallest absolute Gasteiger partial charge is 0.358 e. The van der Waals surface area contributed by atoms with Crippen molar-refractivity contribution < 1.29 is 14.4 Å². The van der Waals surface area contributed by atoms with Gasteiger partial charge in [-0.1, -0.05) is 33.2 Å². The Labute approximate surface area is 118 Å². The number of rotatable bonds is 5. The normalized spacial score (nSPS) is 12.3. The van der Waals surface area contributed by atoms with Crippen molar-refractivity contribution in [2.24, 2.45) is 0 Å². The van der Waals surface area contributed by atoms with Crippen LogP contribution in [0.1, 0.15) is 34.8 Å². The van der Waals surface area contributed by atoms with E-state index in [0.717, 1.165) is 10.0 Å². The van der Waals surface area contributed by atoms with Gasteiger partial charge in [-0.2, -0.15) is 0 Å². The number of halogens is 1. The average molecular weight is 325 g/mol. The summed E-state index contributed by atoms with van der Waals surface area (Å²) >= 11 is 3.42. The van der Waals surface area contributed by atoms with E-state index in [1.54, 1.807) is 0 Å². The van der Waals surface area contributed by atoms with Crippen LogP contribution in [0.15, 0.2) is 39.3 Å². The first-order valence-corrected chi connectivity index (χ1v) is 6.53. The fourth-order valence-corrected chi connectivity index (χ4v) is 2.06. The van der Waals surface area contributed by atoms with Gasteiger partial charge >= 0.3 is 5.97 Å². The third-order valence-corrected chi connectivity index (χ3v) is 3.20. The van der Waals surface area contributed by atoms with Crippen molar-refractivity contribution in [3.8, 4) is 0 Å². The maximum Gasteiger partial charge on any atom is 0.358 e. The SMILES string of the molecule is CC(NCc1cc(C(=O)O)no1)c1cccc(Br)c1. The van der Waals surface area contributed by atoms with Gasteiger partial charge in [0.2, 0.25) is 0 Å². The van der Waals surface area contributed by atoms with Crippen LogP contribution in [0, 0.1) is 0 Å². The van der Waals surface area contributed by atoms with Gasteiger partial charge < -0.3 is 14.9 Å². The van der Waals surface area contributed by atoms with E-state index >= 15 is 0 Å². The molecular formula is C13H13BrN2O3. The van der Waals surface area contributed by atoms with Gasteiger partial charge in [-0.05, 0) is 24.6 Å². The van der Waals surface area contributed by atoms with Crippen LogP contribution < -0.4 is 5.32 Å². The number of carboxylic acids is 1. The minimum absolute atomic E-state index is 0.0769. The third-order valence-electron chi connectivity index (χ3n) is 2.71. The first-order valence-electron chi connectivity index (χ1n) is 5.74. The summed E-state index contributed by atoms with van der Waals surface area (Å²) < 4.78 is 5.95. The van der Waals surface area contributed by atoms with Crippen LogP contribution in [0.25, 0.3) is 0 Å². The summed E-state index contributed by atoms with van der Waals surface area (Å²) in [5.41, 5.74) is 1.05. The highest BCUT2D eigenvalue weighted by molar-refractivity contribution is 9.10. The van der Waals surface area contributed by atoms with Crippen LogP contribution in [0.4, 0.5) is 0 Å². The number of hydrogen-bond donors (Lipinski definition) is 2. The number of carbonyl (C=O) groups is 1. The second-order valence-corrected chi connectivity index (χ2v) is 5.06. The maximum atomic E-state index is 10.7. The molecule has 2 rings (SSSR count). The van der Waals surface area contributed by atoms with Crippen LogP contribution in [-0.4, -0.2) is 16.2 Å². The van der Waals surface area contributed by atoms with Crippen molar-refractivity contribution in [1.82, 2.24) is 10.5 Å². The van der Waals surface area contributed by atoms with E-state index in [9.17, 15) is 4.79 Å². The zero-order valence-corrected chi connectivity index (χ0v) is 11.8. The molecule has 1 heterocycles. The van der Waals surface area contributed by atoms with Gasteiger partial charge in [0.25, 0.3) is 0 Å². The fourth-order valence-electron chi connectivity index (χ4n) is 1.64. The Morgan fingerprint density at radius 3 is 2.95 bits per heavy atom. The first-order chi connectivity index (χ1) is 9.06. The second-order valence-electron chi connectivity index (χ2n) is 4.14. The Morgan fingerprint density at radius 2 is 2.32 bits per heavy atom. The molecule has 0 aliphatic rings. The van der Waals surface area contributed by atoms with Crippen molar-refractivity contribution in [1.29, 1.82) is 0 Å². The number of aromatic nitrogens is 1. The molecule has 0 spiro atoms. The summed E-state index contributed by atoms with van der Waals surface area (Å²) in [5, 5.41) is 15.4. The van der Waals surface area contributed by atoms with Crippen molar-refractivity contribution in [2.75, 3.05) is 0 Å². The predicted molar refractivity (Wildman–Crippen MR) is 72.9 cm³/mol. The predicted octanol–water partition coefficient (Wildman–Crippen LogP) is 2.99. The number of nitrogens with one attached hydrogen (secondary N) is 1. The molecule has 0 fully saturated rings. The number of carboxylic acid groups (broad SMARTS) is 1. The number of benzene rings is 1. The first kappa shape index (κ1) is 13.8. The lowest BCUT2D eigenvalue weighted by molar-refractivity contribution is 0.0685. The van der Waals surface area contributed by atoms with E-state index in [4.69, 9.17) is 9.63 Å². The monoisotopic (exact) mass is 324 g/mol. The van der Waals surface area contributed by atoms with Gasteiger partial charge in [0.1, 0.15) is 0 Å². The lowest BCUT2D eigenvalue weighted by Crippen LogP contribution is -2.17. The lowest BCUT2D eigenvalue weighted by Gasteiger charge is -2.13. The zero-order chi connectivity index (χ0) is 13.8. The quantitative estimate of drug-likeness (QED) is 0.884. The summed E-state index contributed by atoms with van der Waals surface area (Å²) in [6.45, 7) is 2.45. The molecule has 0 saturated carbocycles. The van der Waals surface area contributed by atoms with E-state index in [0.29, 0.717) is 12.3 Å². The molecule has 6 heteroatoms. The molecule has 1 aromatic carbocycles. The molecule has 0 radical (unpaired) electrons. The van der Waals surface area contributed by atoms with Gasteiger partial charge in [0.05, 0.1) is 6.54 Å². The summed E-state index contributed by atoms with van der Waals surface area (Å²) in [5.74, 6) is -0.589. The Hall–Kier alpha value is -1.66. The summed E-state index contributed by atoms with van der Waals surface area (Å²) in [7, 11) is 0. The van der Waals surface area contributed by atoms with Crippen molar-refractivity contribution in [3.05, 3.63) is 51.8 Å². The minimum atomic E-state index is -1.09. The van der Waals surface area contributed by atoms with E-state index in [-0.39, 0.29) is 11.7 Å². The highest BCUT2D eigenvalue weighted by Gasteiger charge is 2.12. The number of aromatic carboxylic acids is 1. The van der Waals surface area contributed by atoms with Crippen LogP contribution in [0.2, 0.25) is 0 Å². The van der Waals surface area contributed by atoms with Crippen LogP contribution in [-0.2, 0) is 6.54 Å². The molecule has 0 amide bonds. The second kappa shape index (κ2) is 5.99. The van der Waals surface area contributed by atoms with Gasteiger partial charge in [0, 0.05) is 16.6 Å². The summed E-state index contributed by atoms with van der Waals surface area (Å²) in [6.07, 6.45) is 0. The van der Waals surface area contributed by atoms with Crippen LogP contribution in [0.3, 0.4) is 0 Å².